The number of ketones is 1. The molecule has 2 rings (SSSR count). The second-order valence-electron chi connectivity index (χ2n) is 5.60. The summed E-state index contributed by atoms with van der Waals surface area (Å²) in [6.07, 6.45) is -0.848. The third kappa shape index (κ3) is 3.35. The van der Waals surface area contributed by atoms with Crippen molar-refractivity contribution in [2.75, 3.05) is 0 Å². The Bertz CT molecular complexity index is 659. The van der Waals surface area contributed by atoms with Gasteiger partial charge in [0.1, 0.15) is 10.8 Å². The number of hydrogen-bond acceptors (Lipinski definition) is 4. The van der Waals surface area contributed by atoms with Crippen LogP contribution in [0.2, 0.25) is 5.15 Å². The first kappa shape index (κ1) is 16.6. The molecule has 0 saturated heterocycles. The van der Waals surface area contributed by atoms with Gasteiger partial charge in [-0.3, -0.25) is 4.79 Å². The first-order valence-electron chi connectivity index (χ1n) is 7.03. The van der Waals surface area contributed by atoms with Gasteiger partial charge in [0.2, 0.25) is 5.78 Å². The van der Waals surface area contributed by atoms with Crippen molar-refractivity contribution in [1.82, 2.24) is 4.98 Å². The smallest absolute Gasteiger partial charge is 0.201 e. The minimum atomic E-state index is -1.27. The van der Waals surface area contributed by atoms with Gasteiger partial charge in [-0.1, -0.05) is 54.9 Å². The first-order valence-corrected chi connectivity index (χ1v) is 7.41. The minimum Gasteiger partial charge on any atom is -0.388 e. The molecule has 4 nitrogen and oxygen atoms in total. The molecule has 2 aromatic rings. The molecule has 0 saturated carbocycles. The molecule has 0 aliphatic carbocycles. The summed E-state index contributed by atoms with van der Waals surface area (Å²) in [6, 6.07) is 14.0. The molecule has 22 heavy (non-hydrogen) atoms. The summed E-state index contributed by atoms with van der Waals surface area (Å²) in [5.74, 6) is -0.847. The van der Waals surface area contributed by atoms with Gasteiger partial charge in [-0.25, -0.2) is 4.98 Å². The molecule has 5 heteroatoms. The molecule has 0 aliphatic rings. The van der Waals surface area contributed by atoms with Gasteiger partial charge in [-0.2, -0.15) is 0 Å². The quantitative estimate of drug-likeness (QED) is 0.656. The Labute approximate surface area is 134 Å². The topological polar surface area (TPSA) is 76.2 Å². The maximum atomic E-state index is 12.6. The molecule has 3 N–H and O–H groups in total. The number of hydrogen-bond donors (Lipinski definition) is 2. The number of benzene rings is 1. The van der Waals surface area contributed by atoms with Crippen LogP contribution >= 0.6 is 11.6 Å². The molecule has 0 amide bonds. The number of carbonyl (C=O) groups excluding carboxylic acids is 1. The van der Waals surface area contributed by atoms with E-state index < -0.39 is 17.6 Å². The van der Waals surface area contributed by atoms with Crippen LogP contribution in [0.3, 0.4) is 0 Å². The van der Waals surface area contributed by atoms with E-state index in [0.717, 1.165) is 5.56 Å². The Balaban J connectivity index is 2.27. The molecule has 1 aromatic heterocycles. The molecule has 3 atom stereocenters. The Morgan fingerprint density at radius 2 is 1.86 bits per heavy atom. The van der Waals surface area contributed by atoms with Gasteiger partial charge in [0, 0.05) is 5.92 Å². The number of nitrogens with two attached hydrogens (primary N) is 1. The monoisotopic (exact) mass is 318 g/mol. The lowest BCUT2D eigenvalue weighted by Gasteiger charge is -2.33. The van der Waals surface area contributed by atoms with Crippen LogP contribution in [0.15, 0.2) is 48.5 Å². The van der Waals surface area contributed by atoms with E-state index in [1.807, 2.05) is 18.2 Å². The molecular weight excluding hydrogens is 300 g/mol. The molecule has 1 heterocycles. The van der Waals surface area contributed by atoms with Gasteiger partial charge >= 0.3 is 0 Å². The largest absolute Gasteiger partial charge is 0.388 e. The van der Waals surface area contributed by atoms with E-state index in [1.165, 1.54) is 0 Å². The van der Waals surface area contributed by atoms with E-state index in [0.29, 0.717) is 0 Å². The van der Waals surface area contributed by atoms with Crippen molar-refractivity contribution in [2.45, 2.75) is 25.5 Å². The zero-order chi connectivity index (χ0) is 16.3. The number of aliphatic hydroxyl groups excluding tert-OH is 1. The fourth-order valence-corrected chi connectivity index (χ4v) is 2.45. The summed E-state index contributed by atoms with van der Waals surface area (Å²) >= 11 is 5.82. The Kier molecular flexibility index (Phi) is 4.96. The van der Waals surface area contributed by atoms with E-state index in [1.54, 1.807) is 44.2 Å². The molecule has 0 radical (unpaired) electrons. The summed E-state index contributed by atoms with van der Waals surface area (Å²) in [4.78, 5) is 16.6. The van der Waals surface area contributed by atoms with Crippen molar-refractivity contribution in [3.05, 3.63) is 64.9 Å². The van der Waals surface area contributed by atoms with Gasteiger partial charge < -0.3 is 10.8 Å². The van der Waals surface area contributed by atoms with Gasteiger partial charge in [0.25, 0.3) is 0 Å². The molecule has 1 aromatic carbocycles. The zero-order valence-corrected chi connectivity index (χ0v) is 13.3. The SMILES string of the molecule is CC(C(O)c1ccccc1)C(C)(N)C(=O)c1cccc(Cl)n1. The van der Waals surface area contributed by atoms with E-state index >= 15 is 0 Å². The summed E-state index contributed by atoms with van der Waals surface area (Å²) in [5, 5.41) is 10.7. The average molecular weight is 319 g/mol. The number of carbonyl (C=O) groups is 1. The molecular formula is C17H19ClN2O2. The number of aromatic nitrogens is 1. The van der Waals surface area contributed by atoms with Crippen LogP contribution in [0.25, 0.3) is 0 Å². The van der Waals surface area contributed by atoms with Crippen molar-refractivity contribution in [3.63, 3.8) is 0 Å². The van der Waals surface area contributed by atoms with Crippen molar-refractivity contribution >= 4 is 17.4 Å². The standard InChI is InChI=1S/C17H19ClN2O2/c1-11(15(21)12-7-4-3-5-8-12)17(2,19)16(22)13-9-6-10-14(18)20-13/h3-11,15,21H,19H2,1-2H3. The highest BCUT2D eigenvalue weighted by atomic mass is 35.5. The highest BCUT2D eigenvalue weighted by Gasteiger charge is 2.40. The van der Waals surface area contributed by atoms with Gasteiger partial charge in [0.05, 0.1) is 11.6 Å². The van der Waals surface area contributed by atoms with E-state index in [2.05, 4.69) is 4.98 Å². The number of rotatable bonds is 5. The molecule has 0 spiro atoms. The predicted molar refractivity (Wildman–Crippen MR) is 86.7 cm³/mol. The highest BCUT2D eigenvalue weighted by molar-refractivity contribution is 6.29. The first-order chi connectivity index (χ1) is 10.3. The van der Waals surface area contributed by atoms with Crippen LogP contribution in [0.1, 0.15) is 36.0 Å². The highest BCUT2D eigenvalue weighted by Crippen LogP contribution is 2.31. The number of Topliss-reactive ketones (excluding diaryl/α,β-unsaturated/α-hetero) is 1. The van der Waals surface area contributed by atoms with E-state index in [4.69, 9.17) is 17.3 Å². The third-order valence-corrected chi connectivity index (χ3v) is 4.21. The Morgan fingerprint density at radius 3 is 2.45 bits per heavy atom. The maximum absolute atomic E-state index is 12.6. The second kappa shape index (κ2) is 6.57. The fraction of sp³-hybridized carbons (Fsp3) is 0.294. The third-order valence-electron chi connectivity index (χ3n) is 4.00. The summed E-state index contributed by atoms with van der Waals surface area (Å²) < 4.78 is 0. The van der Waals surface area contributed by atoms with Crippen molar-refractivity contribution in [2.24, 2.45) is 11.7 Å². The van der Waals surface area contributed by atoms with E-state index in [9.17, 15) is 9.90 Å². The lowest BCUT2D eigenvalue weighted by atomic mass is 9.77. The number of nitrogens with zero attached hydrogens (tertiary/aromatic N) is 1. The minimum absolute atomic E-state index is 0.199. The second-order valence-corrected chi connectivity index (χ2v) is 5.99. The molecule has 0 fully saturated rings. The molecule has 3 unspecified atom stereocenters. The molecule has 116 valence electrons. The maximum Gasteiger partial charge on any atom is 0.201 e. The van der Waals surface area contributed by atoms with Gasteiger partial charge in [0.15, 0.2) is 0 Å². The van der Waals surface area contributed by atoms with Gasteiger partial charge in [-0.15, -0.1) is 0 Å². The van der Waals surface area contributed by atoms with Crippen molar-refractivity contribution in [1.29, 1.82) is 0 Å². The molecule has 0 bridgehead atoms. The number of halogens is 1. The number of aliphatic hydroxyl groups is 1. The number of pyridine rings is 1. The molecule has 0 aliphatic heterocycles. The van der Waals surface area contributed by atoms with Crippen LogP contribution < -0.4 is 5.73 Å². The van der Waals surface area contributed by atoms with Crippen LogP contribution in [0, 0.1) is 5.92 Å². The van der Waals surface area contributed by atoms with Crippen molar-refractivity contribution in [3.8, 4) is 0 Å². The van der Waals surface area contributed by atoms with Crippen LogP contribution in [0.4, 0.5) is 0 Å². The summed E-state index contributed by atoms with van der Waals surface area (Å²) in [5.41, 5.74) is 5.88. The van der Waals surface area contributed by atoms with Gasteiger partial charge in [-0.05, 0) is 24.6 Å². The summed E-state index contributed by atoms with van der Waals surface area (Å²) in [7, 11) is 0. The van der Waals surface area contributed by atoms with Crippen LogP contribution in [0.5, 0.6) is 0 Å². The van der Waals surface area contributed by atoms with E-state index in [-0.39, 0.29) is 16.6 Å². The Hall–Kier alpha value is -1.75. The summed E-state index contributed by atoms with van der Waals surface area (Å²) in [6.45, 7) is 3.36. The lowest BCUT2D eigenvalue weighted by Crippen LogP contribution is -2.52. The zero-order valence-electron chi connectivity index (χ0n) is 12.5. The normalized spacial score (nSPS) is 16.6. The lowest BCUT2D eigenvalue weighted by molar-refractivity contribution is 0.0564. The Morgan fingerprint density at radius 1 is 1.23 bits per heavy atom. The fourth-order valence-electron chi connectivity index (χ4n) is 2.28. The van der Waals surface area contributed by atoms with Crippen molar-refractivity contribution < 1.29 is 9.90 Å². The van der Waals surface area contributed by atoms with Crippen LogP contribution in [-0.4, -0.2) is 21.4 Å². The van der Waals surface area contributed by atoms with Crippen LogP contribution in [-0.2, 0) is 0 Å². The average Bonchev–Trinajstić information content (AvgIpc) is 2.53. The predicted octanol–water partition coefficient (Wildman–Crippen LogP) is 3.00.